The van der Waals surface area contributed by atoms with E-state index in [4.69, 9.17) is 0 Å². The van der Waals surface area contributed by atoms with Crippen LogP contribution in [0.15, 0.2) is 18.2 Å². The quantitative estimate of drug-likeness (QED) is 0.790. The van der Waals surface area contributed by atoms with Gasteiger partial charge in [-0.3, -0.25) is 0 Å². The van der Waals surface area contributed by atoms with Crippen molar-refractivity contribution in [1.29, 1.82) is 5.26 Å². The summed E-state index contributed by atoms with van der Waals surface area (Å²) in [6.07, 6.45) is 0. The maximum absolute atomic E-state index is 9.18. The molecule has 2 fully saturated rings. The molecule has 2 atom stereocenters. The third-order valence-corrected chi connectivity index (χ3v) is 4.00. The zero-order chi connectivity index (χ0) is 11.8. The monoisotopic (exact) mass is 227 g/mol. The molecule has 0 saturated carbocycles. The fourth-order valence-corrected chi connectivity index (χ4v) is 3.05. The van der Waals surface area contributed by atoms with E-state index in [2.05, 4.69) is 29.3 Å². The van der Waals surface area contributed by atoms with Gasteiger partial charge in [0.1, 0.15) is 6.07 Å². The smallest absolute Gasteiger partial charge is 0.101 e. The van der Waals surface area contributed by atoms with Crippen LogP contribution in [0.3, 0.4) is 0 Å². The van der Waals surface area contributed by atoms with Gasteiger partial charge in [0, 0.05) is 26.2 Å². The summed E-state index contributed by atoms with van der Waals surface area (Å²) in [4.78, 5) is 2.39. The van der Waals surface area contributed by atoms with Crippen LogP contribution in [0.1, 0.15) is 11.1 Å². The van der Waals surface area contributed by atoms with Gasteiger partial charge in [-0.2, -0.15) is 5.26 Å². The van der Waals surface area contributed by atoms with E-state index < -0.39 is 0 Å². The number of nitriles is 1. The van der Waals surface area contributed by atoms with Gasteiger partial charge >= 0.3 is 0 Å². The van der Waals surface area contributed by atoms with Crippen molar-refractivity contribution in [2.75, 3.05) is 31.1 Å². The van der Waals surface area contributed by atoms with Crippen molar-refractivity contribution in [2.45, 2.75) is 6.92 Å². The molecule has 0 aliphatic carbocycles. The summed E-state index contributed by atoms with van der Waals surface area (Å²) < 4.78 is 0. The number of rotatable bonds is 1. The average molecular weight is 227 g/mol. The molecule has 2 heterocycles. The lowest BCUT2D eigenvalue weighted by Gasteiger charge is -2.21. The topological polar surface area (TPSA) is 39.1 Å². The Kier molecular flexibility index (Phi) is 2.53. The van der Waals surface area contributed by atoms with Gasteiger partial charge in [0.2, 0.25) is 0 Å². The Balaban J connectivity index is 1.90. The Morgan fingerprint density at radius 2 is 2.00 bits per heavy atom. The Hall–Kier alpha value is -1.53. The van der Waals surface area contributed by atoms with Crippen molar-refractivity contribution in [2.24, 2.45) is 11.8 Å². The summed E-state index contributed by atoms with van der Waals surface area (Å²) >= 11 is 0. The van der Waals surface area contributed by atoms with Crippen LogP contribution in [0.5, 0.6) is 0 Å². The van der Waals surface area contributed by atoms with Crippen LogP contribution in [0.25, 0.3) is 0 Å². The summed E-state index contributed by atoms with van der Waals surface area (Å²) in [6, 6.07) is 8.41. The number of benzene rings is 1. The number of hydrogen-bond acceptors (Lipinski definition) is 3. The van der Waals surface area contributed by atoms with Crippen molar-refractivity contribution < 1.29 is 0 Å². The Morgan fingerprint density at radius 3 is 2.65 bits per heavy atom. The number of nitrogens with one attached hydrogen (secondary N) is 1. The first-order chi connectivity index (χ1) is 8.28. The lowest BCUT2D eigenvalue weighted by Crippen LogP contribution is -2.26. The molecule has 0 aromatic heterocycles. The minimum absolute atomic E-state index is 0.766. The van der Waals surface area contributed by atoms with E-state index in [9.17, 15) is 5.26 Å². The average Bonchev–Trinajstić information content (AvgIpc) is 2.88. The molecule has 17 heavy (non-hydrogen) atoms. The number of aryl methyl sites for hydroxylation is 1. The highest BCUT2D eigenvalue weighted by molar-refractivity contribution is 5.61. The summed E-state index contributed by atoms with van der Waals surface area (Å²) in [5.74, 6) is 1.53. The van der Waals surface area contributed by atoms with Crippen LogP contribution in [0.4, 0.5) is 5.69 Å². The fourth-order valence-electron chi connectivity index (χ4n) is 3.05. The summed E-state index contributed by atoms with van der Waals surface area (Å²) in [7, 11) is 0. The third-order valence-electron chi connectivity index (χ3n) is 4.00. The highest BCUT2D eigenvalue weighted by Crippen LogP contribution is 2.32. The lowest BCUT2D eigenvalue weighted by molar-refractivity contribution is 0.533. The maximum Gasteiger partial charge on any atom is 0.101 e. The molecule has 3 nitrogen and oxygen atoms in total. The minimum atomic E-state index is 0.766. The van der Waals surface area contributed by atoms with Gasteiger partial charge in [0.05, 0.1) is 11.3 Å². The normalized spacial score (nSPS) is 26.9. The maximum atomic E-state index is 9.18. The highest BCUT2D eigenvalue weighted by Gasteiger charge is 2.36. The molecule has 88 valence electrons. The molecular formula is C14H17N3. The van der Waals surface area contributed by atoms with Gasteiger partial charge in [-0.1, -0.05) is 6.07 Å². The molecule has 0 spiro atoms. The lowest BCUT2D eigenvalue weighted by atomic mass is 10.0. The van der Waals surface area contributed by atoms with E-state index in [1.807, 2.05) is 12.1 Å². The van der Waals surface area contributed by atoms with Gasteiger partial charge in [-0.25, -0.2) is 0 Å². The van der Waals surface area contributed by atoms with E-state index in [1.54, 1.807) is 0 Å². The van der Waals surface area contributed by atoms with Crippen LogP contribution < -0.4 is 10.2 Å². The van der Waals surface area contributed by atoms with E-state index in [0.29, 0.717) is 0 Å². The predicted molar refractivity (Wildman–Crippen MR) is 68.0 cm³/mol. The second-order valence-electron chi connectivity index (χ2n) is 5.22. The van der Waals surface area contributed by atoms with Crippen LogP contribution in [0, 0.1) is 30.1 Å². The highest BCUT2D eigenvalue weighted by atomic mass is 15.2. The van der Waals surface area contributed by atoms with Crippen LogP contribution >= 0.6 is 0 Å². The molecule has 1 aromatic rings. The molecule has 0 unspecified atom stereocenters. The third kappa shape index (κ3) is 1.79. The first-order valence-electron chi connectivity index (χ1n) is 6.24. The summed E-state index contributed by atoms with van der Waals surface area (Å²) in [5, 5.41) is 12.6. The second-order valence-corrected chi connectivity index (χ2v) is 5.22. The molecule has 3 heteroatoms. The van der Waals surface area contributed by atoms with Gasteiger partial charge in [-0.05, 0) is 36.5 Å². The largest absolute Gasteiger partial charge is 0.370 e. The molecule has 0 amide bonds. The van der Waals surface area contributed by atoms with Crippen molar-refractivity contribution in [3.05, 3.63) is 29.3 Å². The summed E-state index contributed by atoms with van der Waals surface area (Å²) in [5.41, 5.74) is 3.17. The Morgan fingerprint density at radius 1 is 1.29 bits per heavy atom. The predicted octanol–water partition coefficient (Wildman–Crippen LogP) is 1.52. The van der Waals surface area contributed by atoms with Crippen molar-refractivity contribution in [3.8, 4) is 6.07 Å². The summed E-state index contributed by atoms with van der Waals surface area (Å²) in [6.45, 7) is 6.54. The zero-order valence-corrected chi connectivity index (χ0v) is 10.1. The molecule has 2 saturated heterocycles. The Labute approximate surface area is 102 Å². The van der Waals surface area contributed by atoms with Crippen molar-refractivity contribution >= 4 is 5.69 Å². The van der Waals surface area contributed by atoms with Crippen molar-refractivity contribution in [3.63, 3.8) is 0 Å². The van der Waals surface area contributed by atoms with Crippen LogP contribution in [-0.2, 0) is 0 Å². The Bertz CT molecular complexity index is 463. The molecule has 0 bridgehead atoms. The van der Waals surface area contributed by atoms with Crippen molar-refractivity contribution in [1.82, 2.24) is 5.32 Å². The number of anilines is 1. The van der Waals surface area contributed by atoms with E-state index in [1.165, 1.54) is 5.56 Å². The SMILES string of the molecule is Cc1ccc(C#N)c(N2C[C@H]3CNC[C@H]3C2)c1. The molecule has 3 rings (SSSR count). The van der Waals surface area contributed by atoms with Crippen LogP contribution in [0.2, 0.25) is 0 Å². The fraction of sp³-hybridized carbons (Fsp3) is 0.500. The number of fused-ring (bicyclic) bond motifs is 1. The number of hydrogen-bond donors (Lipinski definition) is 1. The standard InChI is InChI=1S/C14H17N3/c1-10-2-3-11(5-15)14(4-10)17-8-12-6-16-7-13(12)9-17/h2-4,12-13,16H,6-9H2,1H3/t12-,13+. The molecule has 2 aliphatic heterocycles. The van der Waals surface area contributed by atoms with E-state index in [0.717, 1.165) is 49.3 Å². The molecular weight excluding hydrogens is 210 g/mol. The first kappa shape index (κ1) is 10.6. The number of nitrogens with zero attached hydrogens (tertiary/aromatic N) is 2. The first-order valence-corrected chi connectivity index (χ1v) is 6.24. The van der Waals surface area contributed by atoms with Gasteiger partial charge in [0.15, 0.2) is 0 Å². The molecule has 0 radical (unpaired) electrons. The molecule has 2 aliphatic rings. The van der Waals surface area contributed by atoms with Crippen LogP contribution in [-0.4, -0.2) is 26.2 Å². The van der Waals surface area contributed by atoms with Gasteiger partial charge in [0.25, 0.3) is 0 Å². The molecule has 1 N–H and O–H groups in total. The van der Waals surface area contributed by atoms with E-state index >= 15 is 0 Å². The minimum Gasteiger partial charge on any atom is -0.370 e. The zero-order valence-electron chi connectivity index (χ0n) is 10.1. The van der Waals surface area contributed by atoms with Gasteiger partial charge in [-0.15, -0.1) is 0 Å². The second kappa shape index (κ2) is 4.05. The van der Waals surface area contributed by atoms with E-state index in [-0.39, 0.29) is 0 Å². The van der Waals surface area contributed by atoms with Gasteiger partial charge < -0.3 is 10.2 Å². The molecule has 1 aromatic carbocycles.